The number of halogens is 1. The first-order chi connectivity index (χ1) is 18.6. The maximum atomic E-state index is 13.2. The number of aliphatic carboxylic acids is 1. The van der Waals surface area contributed by atoms with Crippen LogP contribution in [0.25, 0.3) is 22.4 Å². The van der Waals surface area contributed by atoms with Crippen LogP contribution < -0.4 is 15.8 Å². The van der Waals surface area contributed by atoms with Crippen molar-refractivity contribution in [1.29, 1.82) is 0 Å². The molecular formula is C30H37ClN4O4. The number of carbonyl (C=O) groups excluding carboxylic acids is 1. The van der Waals surface area contributed by atoms with Crippen LogP contribution in [0.15, 0.2) is 54.6 Å². The van der Waals surface area contributed by atoms with Crippen molar-refractivity contribution in [3.8, 4) is 28.1 Å². The summed E-state index contributed by atoms with van der Waals surface area (Å²) < 4.78 is 5.99. The van der Waals surface area contributed by atoms with E-state index in [1.54, 1.807) is 12.1 Å². The molecule has 1 aromatic heterocycles. The number of amides is 1. The zero-order valence-electron chi connectivity index (χ0n) is 22.9. The highest BCUT2D eigenvalue weighted by Crippen LogP contribution is 2.36. The number of carboxylic acids is 1. The molecule has 8 nitrogen and oxygen atoms in total. The lowest BCUT2D eigenvalue weighted by Gasteiger charge is -2.21. The molecule has 0 aliphatic heterocycles. The van der Waals surface area contributed by atoms with Gasteiger partial charge < -0.3 is 25.8 Å². The molecule has 4 N–H and O–H groups in total. The van der Waals surface area contributed by atoms with Crippen LogP contribution in [-0.2, 0) is 11.3 Å². The number of ether oxygens (including phenoxy) is 1. The molecule has 3 rings (SSSR count). The summed E-state index contributed by atoms with van der Waals surface area (Å²) in [6, 6.07) is 16.2. The van der Waals surface area contributed by atoms with Crippen LogP contribution in [0.5, 0.6) is 5.75 Å². The number of nitrogens with two attached hydrogens (primary N) is 1. The normalized spacial score (nSPS) is 12.0. The molecule has 0 aliphatic carbocycles. The van der Waals surface area contributed by atoms with Crippen LogP contribution in [0, 0.1) is 5.92 Å². The Morgan fingerprint density at radius 1 is 1.10 bits per heavy atom. The van der Waals surface area contributed by atoms with Crippen LogP contribution >= 0.6 is 11.6 Å². The molecular weight excluding hydrogens is 516 g/mol. The van der Waals surface area contributed by atoms with Gasteiger partial charge >= 0.3 is 5.97 Å². The largest absolute Gasteiger partial charge is 0.492 e. The molecule has 1 amide bonds. The van der Waals surface area contributed by atoms with Gasteiger partial charge in [-0.3, -0.25) is 9.59 Å². The first kappa shape index (κ1) is 30.1. The Labute approximate surface area is 235 Å². The Balaban J connectivity index is 2.05. The maximum absolute atomic E-state index is 13.2. The predicted octanol–water partition coefficient (Wildman–Crippen LogP) is 5.09. The average molecular weight is 553 g/mol. The molecule has 0 unspecified atom stereocenters. The molecule has 0 spiro atoms. The quantitative estimate of drug-likeness (QED) is 0.253. The van der Waals surface area contributed by atoms with E-state index in [0.717, 1.165) is 35.2 Å². The second-order valence-electron chi connectivity index (χ2n) is 10.0. The summed E-state index contributed by atoms with van der Waals surface area (Å²) in [5, 5.41) is 12.6. The summed E-state index contributed by atoms with van der Waals surface area (Å²) in [5.41, 5.74) is 10.2. The lowest BCUT2D eigenvalue weighted by Crippen LogP contribution is -2.40. The monoisotopic (exact) mass is 552 g/mol. The van der Waals surface area contributed by atoms with Crippen molar-refractivity contribution in [3.05, 3.63) is 70.9 Å². The fraction of sp³-hybridized carbons (Fsp3) is 0.367. The molecule has 39 heavy (non-hydrogen) atoms. The smallest absolute Gasteiger partial charge is 0.305 e. The molecule has 1 heterocycles. The van der Waals surface area contributed by atoms with Crippen molar-refractivity contribution < 1.29 is 19.4 Å². The Hall–Kier alpha value is -3.46. The van der Waals surface area contributed by atoms with E-state index in [1.165, 1.54) is 0 Å². The molecule has 0 bridgehead atoms. The van der Waals surface area contributed by atoms with Gasteiger partial charge in [0.25, 0.3) is 5.91 Å². The summed E-state index contributed by atoms with van der Waals surface area (Å²) in [7, 11) is 4.02. The van der Waals surface area contributed by atoms with E-state index in [4.69, 9.17) is 27.1 Å². The number of nitrogens with one attached hydrogen (secondary N) is 1. The summed E-state index contributed by atoms with van der Waals surface area (Å²) >= 11 is 6.46. The number of nitrogens with zero attached hydrogens (tertiary/aromatic N) is 2. The van der Waals surface area contributed by atoms with E-state index in [0.29, 0.717) is 29.6 Å². The summed E-state index contributed by atoms with van der Waals surface area (Å²) in [6.07, 6.45) is 0.661. The highest BCUT2D eigenvalue weighted by Gasteiger charge is 2.22. The number of rotatable bonds is 13. The first-order valence-electron chi connectivity index (χ1n) is 13.0. The molecule has 0 aliphatic rings. The highest BCUT2D eigenvalue weighted by atomic mass is 35.5. The van der Waals surface area contributed by atoms with Gasteiger partial charge in [0.15, 0.2) is 0 Å². The Bertz CT molecular complexity index is 1300. The van der Waals surface area contributed by atoms with Crippen molar-refractivity contribution >= 4 is 23.5 Å². The number of pyridine rings is 1. The first-order valence-corrected chi connectivity index (χ1v) is 13.4. The summed E-state index contributed by atoms with van der Waals surface area (Å²) in [6.45, 7) is 5.46. The molecule has 1 atom stereocenters. The number of carboxylic acid groups (broad SMARTS) is 1. The molecule has 2 aromatic carbocycles. The lowest BCUT2D eigenvalue weighted by atomic mass is 9.94. The minimum atomic E-state index is -0.976. The minimum Gasteiger partial charge on any atom is -0.492 e. The Kier molecular flexibility index (Phi) is 10.9. The fourth-order valence-electron chi connectivity index (χ4n) is 4.19. The predicted molar refractivity (Wildman–Crippen MR) is 155 cm³/mol. The standard InChI is InChI=1S/C30H37ClN4O4/c1-19(2)26(17-28(36)37)34-30(38)25-13-11-23(22-9-6-5-8-21(22)18-32)29(33-25)20-10-12-24(31)27(16-20)39-15-7-14-35(3)4/h5-6,8-13,16,19,26H,7,14-15,17-18,32H2,1-4H3,(H,34,38)(H,36,37)/t26-/m1/s1. The fourth-order valence-corrected chi connectivity index (χ4v) is 4.36. The van der Waals surface area contributed by atoms with Crippen molar-refractivity contribution in [1.82, 2.24) is 15.2 Å². The topological polar surface area (TPSA) is 118 Å². The number of benzene rings is 2. The van der Waals surface area contributed by atoms with Gasteiger partial charge in [0.05, 0.1) is 23.7 Å². The van der Waals surface area contributed by atoms with Crippen LogP contribution in [0.2, 0.25) is 5.02 Å². The maximum Gasteiger partial charge on any atom is 0.305 e. The number of aromatic nitrogens is 1. The summed E-state index contributed by atoms with van der Waals surface area (Å²) in [4.78, 5) is 31.4. The Morgan fingerprint density at radius 3 is 2.51 bits per heavy atom. The van der Waals surface area contributed by atoms with Crippen LogP contribution in [0.3, 0.4) is 0 Å². The van der Waals surface area contributed by atoms with Gasteiger partial charge in [0.2, 0.25) is 0 Å². The van der Waals surface area contributed by atoms with E-state index < -0.39 is 17.9 Å². The molecule has 208 valence electrons. The second-order valence-corrected chi connectivity index (χ2v) is 10.4. The third-order valence-electron chi connectivity index (χ3n) is 6.38. The zero-order chi connectivity index (χ0) is 28.5. The van der Waals surface area contributed by atoms with Gasteiger partial charge in [0.1, 0.15) is 11.4 Å². The van der Waals surface area contributed by atoms with Crippen LogP contribution in [-0.4, -0.2) is 60.2 Å². The van der Waals surface area contributed by atoms with Gasteiger partial charge in [-0.25, -0.2) is 4.98 Å². The minimum absolute atomic E-state index is 0.0660. The molecule has 9 heteroatoms. The zero-order valence-corrected chi connectivity index (χ0v) is 23.7. The van der Waals surface area contributed by atoms with Crippen molar-refractivity contribution in [2.75, 3.05) is 27.2 Å². The molecule has 0 radical (unpaired) electrons. The molecule has 0 saturated carbocycles. The third-order valence-corrected chi connectivity index (χ3v) is 6.70. The van der Waals surface area contributed by atoms with E-state index in [9.17, 15) is 14.7 Å². The highest BCUT2D eigenvalue weighted by molar-refractivity contribution is 6.32. The van der Waals surface area contributed by atoms with E-state index in [-0.39, 0.29) is 18.0 Å². The molecule has 0 saturated heterocycles. The molecule has 0 fully saturated rings. The van der Waals surface area contributed by atoms with Gasteiger partial charge in [-0.2, -0.15) is 0 Å². The second kappa shape index (κ2) is 14.1. The van der Waals surface area contributed by atoms with Crippen molar-refractivity contribution in [3.63, 3.8) is 0 Å². The third kappa shape index (κ3) is 8.26. The molecule has 3 aromatic rings. The van der Waals surface area contributed by atoms with Crippen molar-refractivity contribution in [2.24, 2.45) is 11.7 Å². The number of carbonyl (C=O) groups is 2. The van der Waals surface area contributed by atoms with Gasteiger partial charge in [-0.15, -0.1) is 0 Å². The van der Waals surface area contributed by atoms with Crippen molar-refractivity contribution in [2.45, 2.75) is 39.3 Å². The van der Waals surface area contributed by atoms with Gasteiger partial charge in [-0.1, -0.05) is 55.8 Å². The van der Waals surface area contributed by atoms with E-state index >= 15 is 0 Å². The van der Waals surface area contributed by atoms with Gasteiger partial charge in [0, 0.05) is 30.3 Å². The van der Waals surface area contributed by atoms with E-state index in [1.807, 2.05) is 70.4 Å². The lowest BCUT2D eigenvalue weighted by molar-refractivity contribution is -0.137. The van der Waals surface area contributed by atoms with Crippen LogP contribution in [0.1, 0.15) is 42.7 Å². The summed E-state index contributed by atoms with van der Waals surface area (Å²) in [5.74, 6) is -0.952. The number of hydrogen-bond acceptors (Lipinski definition) is 6. The van der Waals surface area contributed by atoms with Gasteiger partial charge in [-0.05, 0) is 61.8 Å². The average Bonchev–Trinajstić information content (AvgIpc) is 2.90. The SMILES string of the molecule is CC(C)[C@@H](CC(=O)O)NC(=O)c1ccc(-c2ccccc2CN)c(-c2ccc(Cl)c(OCCCN(C)C)c2)n1. The Morgan fingerprint density at radius 2 is 1.85 bits per heavy atom. The number of hydrogen-bond donors (Lipinski definition) is 3. The van der Waals surface area contributed by atoms with E-state index in [2.05, 4.69) is 10.2 Å². The van der Waals surface area contributed by atoms with Crippen LogP contribution in [0.4, 0.5) is 0 Å².